The Hall–Kier alpha value is -2.22. The number of hydrogen-bond acceptors (Lipinski definition) is 5. The van der Waals surface area contributed by atoms with Crippen molar-refractivity contribution in [2.24, 2.45) is 7.05 Å². The van der Waals surface area contributed by atoms with Crippen molar-refractivity contribution in [3.63, 3.8) is 0 Å². The minimum absolute atomic E-state index is 0.323. The van der Waals surface area contributed by atoms with Crippen LogP contribution in [-0.4, -0.2) is 29.4 Å². The third-order valence-electron chi connectivity index (χ3n) is 3.38. The van der Waals surface area contributed by atoms with Crippen LogP contribution >= 0.6 is 0 Å². The summed E-state index contributed by atoms with van der Waals surface area (Å²) in [5, 5.41) is 3.68. The number of carbonyl (C=O) groups is 1. The summed E-state index contributed by atoms with van der Waals surface area (Å²) in [7, 11) is -2.11. The lowest BCUT2D eigenvalue weighted by atomic mass is 10.2. The maximum absolute atomic E-state index is 12.3. The van der Waals surface area contributed by atoms with Crippen molar-refractivity contribution < 1.29 is 13.2 Å². The molecule has 0 unspecified atom stereocenters. The Balaban J connectivity index is 2.06. The number of aryl methyl sites for hydroxylation is 1. The highest BCUT2D eigenvalue weighted by Gasteiger charge is 2.37. The molecule has 1 N–H and O–H groups in total. The minimum atomic E-state index is -3.71. The van der Waals surface area contributed by atoms with Crippen LogP contribution in [-0.2, 0) is 17.1 Å². The standard InChI is InChI=1S/C13H13N3O4S/c1-16-10-5-3-2-4-9(10)12(17)11(14-16)13(18)15-21(19,20)8-6-7-8/h2-5,8H,6-7H2,1H3,(H,15,18). The zero-order valence-corrected chi connectivity index (χ0v) is 12.1. The monoisotopic (exact) mass is 307 g/mol. The number of nitrogens with one attached hydrogen (secondary N) is 1. The average Bonchev–Trinajstić information content (AvgIpc) is 3.27. The molecule has 2 aromatic rings. The van der Waals surface area contributed by atoms with E-state index in [1.54, 1.807) is 31.3 Å². The van der Waals surface area contributed by atoms with E-state index in [-0.39, 0.29) is 0 Å². The fraction of sp³-hybridized carbons (Fsp3) is 0.308. The van der Waals surface area contributed by atoms with Gasteiger partial charge in [0.25, 0.3) is 5.91 Å². The van der Waals surface area contributed by atoms with E-state index in [0.717, 1.165) is 0 Å². The molecular weight excluding hydrogens is 294 g/mol. The van der Waals surface area contributed by atoms with Crippen molar-refractivity contribution in [2.75, 3.05) is 0 Å². The zero-order chi connectivity index (χ0) is 15.2. The Morgan fingerprint density at radius 2 is 2.00 bits per heavy atom. The number of nitrogens with zero attached hydrogens (tertiary/aromatic N) is 2. The second-order valence-corrected chi connectivity index (χ2v) is 6.95. The van der Waals surface area contributed by atoms with Crippen molar-refractivity contribution in [1.82, 2.24) is 14.5 Å². The Morgan fingerprint density at radius 1 is 1.33 bits per heavy atom. The first-order valence-electron chi connectivity index (χ1n) is 6.42. The van der Waals surface area contributed by atoms with Gasteiger partial charge in [-0.05, 0) is 25.0 Å². The SMILES string of the molecule is Cn1nc(C(=O)NS(=O)(=O)C2CC2)c(=O)c2ccccc21. The highest BCUT2D eigenvalue weighted by atomic mass is 32.2. The summed E-state index contributed by atoms with van der Waals surface area (Å²) < 4.78 is 26.8. The van der Waals surface area contributed by atoms with Gasteiger partial charge in [-0.25, -0.2) is 13.1 Å². The van der Waals surface area contributed by atoms with Gasteiger partial charge in [-0.2, -0.15) is 5.10 Å². The van der Waals surface area contributed by atoms with Crippen LogP contribution in [0.2, 0.25) is 0 Å². The summed E-state index contributed by atoms with van der Waals surface area (Å²) in [6.45, 7) is 0. The van der Waals surface area contributed by atoms with Crippen LogP contribution in [0.25, 0.3) is 10.9 Å². The molecule has 1 aromatic carbocycles. The van der Waals surface area contributed by atoms with Gasteiger partial charge in [-0.15, -0.1) is 0 Å². The molecule has 7 nitrogen and oxygen atoms in total. The van der Waals surface area contributed by atoms with Crippen LogP contribution in [0.5, 0.6) is 0 Å². The molecule has 8 heteroatoms. The summed E-state index contributed by atoms with van der Waals surface area (Å²) in [5.74, 6) is -0.978. The highest BCUT2D eigenvalue weighted by Crippen LogP contribution is 2.27. The van der Waals surface area contributed by atoms with Crippen molar-refractivity contribution >= 4 is 26.8 Å². The number of hydrogen-bond donors (Lipinski definition) is 1. The van der Waals surface area contributed by atoms with Gasteiger partial charge in [0.05, 0.1) is 10.8 Å². The van der Waals surface area contributed by atoms with Gasteiger partial charge in [-0.3, -0.25) is 14.3 Å². The second-order valence-electron chi connectivity index (χ2n) is 4.99. The number of sulfonamides is 1. The predicted octanol–water partition coefficient (Wildman–Crippen LogP) is 0.155. The molecule has 110 valence electrons. The molecule has 0 bridgehead atoms. The van der Waals surface area contributed by atoms with E-state index in [9.17, 15) is 18.0 Å². The fourth-order valence-electron chi connectivity index (χ4n) is 2.11. The Kier molecular flexibility index (Phi) is 3.05. The highest BCUT2D eigenvalue weighted by molar-refractivity contribution is 7.91. The number of rotatable bonds is 3. The van der Waals surface area contributed by atoms with Crippen molar-refractivity contribution in [1.29, 1.82) is 0 Å². The molecule has 0 radical (unpaired) electrons. The fourth-order valence-corrected chi connectivity index (χ4v) is 3.39. The molecule has 1 heterocycles. The summed E-state index contributed by atoms with van der Waals surface area (Å²) in [4.78, 5) is 24.3. The van der Waals surface area contributed by atoms with Gasteiger partial charge in [0.15, 0.2) is 5.69 Å². The Bertz CT molecular complexity index is 897. The maximum atomic E-state index is 12.3. The maximum Gasteiger partial charge on any atom is 0.289 e. The quantitative estimate of drug-likeness (QED) is 0.870. The van der Waals surface area contributed by atoms with Crippen molar-refractivity contribution in [2.45, 2.75) is 18.1 Å². The van der Waals surface area contributed by atoms with Gasteiger partial charge in [0.1, 0.15) is 0 Å². The lowest BCUT2D eigenvalue weighted by Crippen LogP contribution is -2.37. The van der Waals surface area contributed by atoms with Gasteiger partial charge in [0.2, 0.25) is 15.5 Å². The first-order valence-corrected chi connectivity index (χ1v) is 7.97. The molecule has 0 saturated heterocycles. The third kappa shape index (κ3) is 2.42. The topological polar surface area (TPSA) is 98.1 Å². The van der Waals surface area contributed by atoms with Crippen LogP contribution in [0.1, 0.15) is 23.3 Å². The van der Waals surface area contributed by atoms with Gasteiger partial charge < -0.3 is 0 Å². The van der Waals surface area contributed by atoms with E-state index >= 15 is 0 Å². The van der Waals surface area contributed by atoms with Gasteiger partial charge in [0, 0.05) is 12.4 Å². The number of aromatic nitrogens is 2. The molecule has 0 atom stereocenters. The number of benzene rings is 1. The smallest absolute Gasteiger partial charge is 0.286 e. The van der Waals surface area contributed by atoms with Crippen molar-refractivity contribution in [3.8, 4) is 0 Å². The van der Waals surface area contributed by atoms with E-state index < -0.39 is 32.3 Å². The van der Waals surface area contributed by atoms with E-state index in [4.69, 9.17) is 0 Å². The molecule has 0 aliphatic heterocycles. The van der Waals surface area contributed by atoms with E-state index in [1.807, 2.05) is 4.72 Å². The van der Waals surface area contributed by atoms with E-state index in [0.29, 0.717) is 23.7 Å². The molecule has 21 heavy (non-hydrogen) atoms. The van der Waals surface area contributed by atoms with Crippen molar-refractivity contribution in [3.05, 3.63) is 40.2 Å². The second kappa shape index (κ2) is 4.66. The van der Waals surface area contributed by atoms with Crippen LogP contribution in [0.15, 0.2) is 29.1 Å². The summed E-state index contributed by atoms with van der Waals surface area (Å²) >= 11 is 0. The molecule has 0 spiro atoms. The minimum Gasteiger partial charge on any atom is -0.286 e. The first kappa shape index (κ1) is 13.7. The van der Waals surface area contributed by atoms with Gasteiger partial charge in [-0.1, -0.05) is 12.1 Å². The molecular formula is C13H13N3O4S. The number of para-hydroxylation sites is 1. The Labute approximate surface area is 120 Å². The number of carbonyl (C=O) groups excluding carboxylic acids is 1. The molecule has 3 rings (SSSR count). The van der Waals surface area contributed by atoms with Crippen LogP contribution in [0.4, 0.5) is 0 Å². The number of fused-ring (bicyclic) bond motifs is 1. The normalized spacial score (nSPS) is 15.1. The summed E-state index contributed by atoms with van der Waals surface area (Å²) in [6.07, 6.45) is 1.07. The third-order valence-corrected chi connectivity index (χ3v) is 5.19. The summed E-state index contributed by atoms with van der Waals surface area (Å²) in [5.41, 5.74) is -0.420. The van der Waals surface area contributed by atoms with Crippen LogP contribution in [0.3, 0.4) is 0 Å². The van der Waals surface area contributed by atoms with Crippen LogP contribution in [0, 0.1) is 0 Å². The Morgan fingerprint density at radius 3 is 2.67 bits per heavy atom. The lowest BCUT2D eigenvalue weighted by Gasteiger charge is -2.08. The molecule has 1 aliphatic rings. The van der Waals surface area contributed by atoms with Gasteiger partial charge >= 0.3 is 0 Å². The molecule has 1 saturated carbocycles. The zero-order valence-electron chi connectivity index (χ0n) is 11.2. The predicted molar refractivity (Wildman–Crippen MR) is 76.4 cm³/mol. The molecule has 1 aromatic heterocycles. The van der Waals surface area contributed by atoms with E-state index in [2.05, 4.69) is 5.10 Å². The van der Waals surface area contributed by atoms with E-state index in [1.165, 1.54) is 4.68 Å². The molecule has 1 fully saturated rings. The first-order chi connectivity index (χ1) is 9.90. The lowest BCUT2D eigenvalue weighted by molar-refractivity contribution is 0.0973. The average molecular weight is 307 g/mol. The molecule has 1 aliphatic carbocycles. The molecule has 1 amide bonds. The summed E-state index contributed by atoms with van der Waals surface area (Å²) in [6, 6.07) is 6.70. The van der Waals surface area contributed by atoms with Crippen LogP contribution < -0.4 is 10.2 Å². The largest absolute Gasteiger partial charge is 0.289 e. The number of amides is 1.